The summed E-state index contributed by atoms with van der Waals surface area (Å²) in [5.74, 6) is 0.488. The van der Waals surface area contributed by atoms with E-state index < -0.39 is 0 Å². The highest BCUT2D eigenvalue weighted by atomic mass is 16.5. The Kier molecular flexibility index (Phi) is 2.09. The minimum Gasteiger partial charge on any atom is -0.375 e. The highest BCUT2D eigenvalue weighted by Gasteiger charge is 2.36. The molecule has 2 nitrogen and oxygen atoms in total. The predicted molar refractivity (Wildman–Crippen MR) is 38.7 cm³/mol. The van der Waals surface area contributed by atoms with Crippen LogP contribution in [0.15, 0.2) is 0 Å². The Morgan fingerprint density at radius 3 is 2.00 bits per heavy atom. The second-order valence-corrected chi connectivity index (χ2v) is 3.12. The standard InChI is InChI=1S/C8H14O2/c1-5-6(2)10-7(3)8(5)4-9/h4-8H,1-3H3/t5-,6-,7+,8-/m0/s1. The third-order valence-electron chi connectivity index (χ3n) is 2.48. The number of hydrogen-bond acceptors (Lipinski definition) is 2. The molecule has 0 saturated carbocycles. The lowest BCUT2D eigenvalue weighted by atomic mass is 9.91. The summed E-state index contributed by atoms with van der Waals surface area (Å²) in [7, 11) is 0. The smallest absolute Gasteiger partial charge is 0.126 e. The van der Waals surface area contributed by atoms with Crippen LogP contribution in [0.1, 0.15) is 20.8 Å². The molecule has 0 bridgehead atoms. The quantitative estimate of drug-likeness (QED) is 0.515. The zero-order chi connectivity index (χ0) is 7.72. The van der Waals surface area contributed by atoms with Crippen molar-refractivity contribution in [1.29, 1.82) is 0 Å². The van der Waals surface area contributed by atoms with Gasteiger partial charge in [-0.25, -0.2) is 0 Å². The van der Waals surface area contributed by atoms with E-state index in [2.05, 4.69) is 6.92 Å². The highest BCUT2D eigenvalue weighted by Crippen LogP contribution is 2.30. The first-order valence-electron chi connectivity index (χ1n) is 3.77. The van der Waals surface area contributed by atoms with Crippen molar-refractivity contribution < 1.29 is 9.53 Å². The number of carbonyl (C=O) groups is 1. The third kappa shape index (κ3) is 1.08. The molecule has 58 valence electrons. The van der Waals surface area contributed by atoms with E-state index in [0.717, 1.165) is 6.29 Å². The van der Waals surface area contributed by atoms with Gasteiger partial charge in [0, 0.05) is 5.92 Å². The van der Waals surface area contributed by atoms with E-state index in [1.165, 1.54) is 0 Å². The summed E-state index contributed by atoms with van der Waals surface area (Å²) in [6, 6.07) is 0. The molecule has 1 aliphatic heterocycles. The first-order valence-corrected chi connectivity index (χ1v) is 3.77. The van der Waals surface area contributed by atoms with Gasteiger partial charge in [-0.05, 0) is 19.8 Å². The van der Waals surface area contributed by atoms with Gasteiger partial charge in [0.05, 0.1) is 12.2 Å². The van der Waals surface area contributed by atoms with Crippen molar-refractivity contribution in [3.8, 4) is 0 Å². The highest BCUT2D eigenvalue weighted by molar-refractivity contribution is 5.55. The molecule has 0 N–H and O–H groups in total. The van der Waals surface area contributed by atoms with Gasteiger partial charge in [-0.1, -0.05) is 6.92 Å². The van der Waals surface area contributed by atoms with Crippen LogP contribution in [0.2, 0.25) is 0 Å². The number of hydrogen-bond donors (Lipinski definition) is 0. The summed E-state index contributed by atoms with van der Waals surface area (Å²) < 4.78 is 5.45. The summed E-state index contributed by atoms with van der Waals surface area (Å²) in [6.45, 7) is 6.04. The fourth-order valence-electron chi connectivity index (χ4n) is 1.53. The Morgan fingerprint density at radius 1 is 1.20 bits per heavy atom. The summed E-state index contributed by atoms with van der Waals surface area (Å²) in [5.41, 5.74) is 0. The van der Waals surface area contributed by atoms with Crippen molar-refractivity contribution in [1.82, 2.24) is 0 Å². The van der Waals surface area contributed by atoms with Crippen LogP contribution in [0, 0.1) is 11.8 Å². The molecule has 1 rings (SSSR count). The van der Waals surface area contributed by atoms with Crippen molar-refractivity contribution in [2.75, 3.05) is 0 Å². The molecular formula is C8H14O2. The van der Waals surface area contributed by atoms with Gasteiger partial charge < -0.3 is 9.53 Å². The molecule has 0 unspecified atom stereocenters. The van der Waals surface area contributed by atoms with Gasteiger partial charge in [0.1, 0.15) is 6.29 Å². The second-order valence-electron chi connectivity index (χ2n) is 3.12. The average Bonchev–Trinajstić information content (AvgIpc) is 2.09. The molecule has 1 fully saturated rings. The first kappa shape index (κ1) is 7.73. The van der Waals surface area contributed by atoms with Crippen molar-refractivity contribution in [3.05, 3.63) is 0 Å². The molecule has 0 radical (unpaired) electrons. The van der Waals surface area contributed by atoms with Crippen LogP contribution in [-0.4, -0.2) is 18.5 Å². The molecule has 0 aliphatic carbocycles. The summed E-state index contributed by atoms with van der Waals surface area (Å²) in [4.78, 5) is 10.5. The molecule has 0 aromatic rings. The lowest BCUT2D eigenvalue weighted by molar-refractivity contribution is -0.112. The van der Waals surface area contributed by atoms with E-state index in [1.807, 2.05) is 13.8 Å². The molecular weight excluding hydrogens is 128 g/mol. The van der Waals surface area contributed by atoms with Crippen molar-refractivity contribution in [2.45, 2.75) is 33.0 Å². The average molecular weight is 142 g/mol. The lowest BCUT2D eigenvalue weighted by Gasteiger charge is -2.09. The Bertz CT molecular complexity index is 133. The molecule has 0 aromatic heterocycles. The van der Waals surface area contributed by atoms with Crippen LogP contribution in [0.4, 0.5) is 0 Å². The number of aldehydes is 1. The zero-order valence-corrected chi connectivity index (χ0v) is 6.70. The molecule has 4 atom stereocenters. The lowest BCUT2D eigenvalue weighted by Crippen LogP contribution is -2.17. The molecule has 1 heterocycles. The van der Waals surface area contributed by atoms with E-state index in [-0.39, 0.29) is 18.1 Å². The number of ether oxygens (including phenoxy) is 1. The predicted octanol–water partition coefficient (Wildman–Crippen LogP) is 1.24. The number of carbonyl (C=O) groups excluding carboxylic acids is 1. The van der Waals surface area contributed by atoms with Gasteiger partial charge in [-0.2, -0.15) is 0 Å². The Balaban J connectivity index is 2.63. The third-order valence-corrected chi connectivity index (χ3v) is 2.48. The molecule has 1 aliphatic rings. The van der Waals surface area contributed by atoms with Crippen LogP contribution in [-0.2, 0) is 9.53 Å². The van der Waals surface area contributed by atoms with Gasteiger partial charge in [0.2, 0.25) is 0 Å². The van der Waals surface area contributed by atoms with Gasteiger partial charge in [-0.3, -0.25) is 0 Å². The zero-order valence-electron chi connectivity index (χ0n) is 6.70. The molecule has 0 amide bonds. The maximum Gasteiger partial charge on any atom is 0.126 e. The van der Waals surface area contributed by atoms with Gasteiger partial charge in [0.15, 0.2) is 0 Å². The normalized spacial score (nSPS) is 47.5. The van der Waals surface area contributed by atoms with Crippen LogP contribution in [0.3, 0.4) is 0 Å². The first-order chi connectivity index (χ1) is 4.66. The SMILES string of the molecule is C[C@@H]1[C@H](C=O)[C@@H](C)O[C@H]1C. The van der Waals surface area contributed by atoms with Crippen molar-refractivity contribution in [2.24, 2.45) is 11.8 Å². The minimum absolute atomic E-state index is 0.106. The van der Waals surface area contributed by atoms with Crippen molar-refractivity contribution >= 4 is 6.29 Å². The monoisotopic (exact) mass is 142 g/mol. The van der Waals surface area contributed by atoms with Crippen molar-refractivity contribution in [3.63, 3.8) is 0 Å². The van der Waals surface area contributed by atoms with Gasteiger partial charge in [-0.15, -0.1) is 0 Å². The second kappa shape index (κ2) is 2.70. The van der Waals surface area contributed by atoms with E-state index >= 15 is 0 Å². The summed E-state index contributed by atoms with van der Waals surface area (Å²) in [6.07, 6.45) is 1.37. The largest absolute Gasteiger partial charge is 0.375 e. The number of rotatable bonds is 1. The topological polar surface area (TPSA) is 26.3 Å². The van der Waals surface area contributed by atoms with E-state index in [1.54, 1.807) is 0 Å². The van der Waals surface area contributed by atoms with Gasteiger partial charge >= 0.3 is 0 Å². The summed E-state index contributed by atoms with van der Waals surface area (Å²) >= 11 is 0. The fourth-order valence-corrected chi connectivity index (χ4v) is 1.53. The Hall–Kier alpha value is -0.370. The van der Waals surface area contributed by atoms with E-state index in [9.17, 15) is 4.79 Å². The van der Waals surface area contributed by atoms with Crippen LogP contribution >= 0.6 is 0 Å². The van der Waals surface area contributed by atoms with E-state index in [0.29, 0.717) is 5.92 Å². The van der Waals surface area contributed by atoms with E-state index in [4.69, 9.17) is 4.74 Å². The Morgan fingerprint density at radius 2 is 1.80 bits per heavy atom. The molecule has 0 spiro atoms. The van der Waals surface area contributed by atoms with Crippen LogP contribution in [0.5, 0.6) is 0 Å². The summed E-state index contributed by atoms with van der Waals surface area (Å²) in [5, 5.41) is 0. The maximum atomic E-state index is 10.5. The van der Waals surface area contributed by atoms with Gasteiger partial charge in [0.25, 0.3) is 0 Å². The molecule has 2 heteroatoms. The Labute approximate surface area is 61.6 Å². The van der Waals surface area contributed by atoms with Crippen LogP contribution in [0.25, 0.3) is 0 Å². The fraction of sp³-hybridized carbons (Fsp3) is 0.875. The van der Waals surface area contributed by atoms with Crippen LogP contribution < -0.4 is 0 Å². The molecule has 1 saturated heterocycles. The minimum atomic E-state index is 0.106. The maximum absolute atomic E-state index is 10.5. The molecule has 0 aromatic carbocycles. The molecule has 10 heavy (non-hydrogen) atoms.